The largest absolute Gasteiger partial charge is 0.460 e. The Morgan fingerprint density at radius 1 is 1.60 bits per heavy atom. The SMILES string of the molecule is CCOC(=O)c1ccc(/N=C/N(C)C)o1. The quantitative estimate of drug-likeness (QED) is 0.431. The van der Waals surface area contributed by atoms with Crippen LogP contribution in [-0.4, -0.2) is 37.9 Å². The van der Waals surface area contributed by atoms with E-state index in [1.165, 1.54) is 0 Å². The van der Waals surface area contributed by atoms with E-state index >= 15 is 0 Å². The van der Waals surface area contributed by atoms with E-state index in [9.17, 15) is 4.79 Å². The van der Waals surface area contributed by atoms with Gasteiger partial charge in [0.15, 0.2) is 0 Å². The lowest BCUT2D eigenvalue weighted by Gasteiger charge is -2.00. The van der Waals surface area contributed by atoms with Gasteiger partial charge in [0.2, 0.25) is 11.6 Å². The average molecular weight is 210 g/mol. The molecule has 5 nitrogen and oxygen atoms in total. The van der Waals surface area contributed by atoms with Crippen molar-refractivity contribution in [3.63, 3.8) is 0 Å². The maximum absolute atomic E-state index is 11.2. The van der Waals surface area contributed by atoms with Crippen molar-refractivity contribution in [3.05, 3.63) is 17.9 Å². The molecule has 0 unspecified atom stereocenters. The van der Waals surface area contributed by atoms with Crippen LogP contribution in [0.1, 0.15) is 17.5 Å². The summed E-state index contributed by atoms with van der Waals surface area (Å²) in [5.74, 6) is 0.0818. The molecule has 15 heavy (non-hydrogen) atoms. The lowest BCUT2D eigenvalue weighted by Crippen LogP contribution is -2.06. The number of rotatable bonds is 4. The summed E-state index contributed by atoms with van der Waals surface area (Å²) in [4.78, 5) is 17.0. The second kappa shape index (κ2) is 5.19. The predicted octanol–water partition coefficient (Wildman–Crippen LogP) is 1.68. The van der Waals surface area contributed by atoms with Crippen LogP contribution in [0, 0.1) is 0 Å². The molecule has 0 aliphatic carbocycles. The molecular weight excluding hydrogens is 196 g/mol. The maximum atomic E-state index is 11.2. The first-order valence-corrected chi connectivity index (χ1v) is 4.61. The number of carbonyl (C=O) groups excluding carboxylic acids is 1. The molecule has 1 aromatic rings. The highest BCUT2D eigenvalue weighted by atomic mass is 16.5. The van der Waals surface area contributed by atoms with Gasteiger partial charge in [-0.3, -0.25) is 0 Å². The molecule has 0 atom stereocenters. The van der Waals surface area contributed by atoms with Crippen LogP contribution < -0.4 is 0 Å². The third-order valence-corrected chi connectivity index (χ3v) is 1.48. The number of aliphatic imine (C=N–C) groups is 1. The number of ether oxygens (including phenoxy) is 1. The highest BCUT2D eigenvalue weighted by Gasteiger charge is 2.10. The molecule has 0 bridgehead atoms. The molecule has 0 fully saturated rings. The second-order valence-electron chi connectivity index (χ2n) is 3.07. The van der Waals surface area contributed by atoms with Crippen molar-refractivity contribution < 1.29 is 13.9 Å². The molecule has 0 saturated carbocycles. The van der Waals surface area contributed by atoms with Crippen molar-refractivity contribution >= 4 is 18.2 Å². The Morgan fingerprint density at radius 3 is 2.93 bits per heavy atom. The minimum Gasteiger partial charge on any atom is -0.460 e. The zero-order valence-corrected chi connectivity index (χ0v) is 9.06. The molecule has 0 spiro atoms. The first-order chi connectivity index (χ1) is 7.13. The highest BCUT2D eigenvalue weighted by molar-refractivity contribution is 5.86. The predicted molar refractivity (Wildman–Crippen MR) is 56.5 cm³/mol. The average Bonchev–Trinajstić information content (AvgIpc) is 2.63. The van der Waals surface area contributed by atoms with Gasteiger partial charge in [0, 0.05) is 20.2 Å². The van der Waals surface area contributed by atoms with Gasteiger partial charge < -0.3 is 14.1 Å². The highest BCUT2D eigenvalue weighted by Crippen LogP contribution is 2.16. The lowest BCUT2D eigenvalue weighted by molar-refractivity contribution is 0.0491. The van der Waals surface area contributed by atoms with Gasteiger partial charge in [-0.15, -0.1) is 0 Å². The van der Waals surface area contributed by atoms with Gasteiger partial charge in [0.1, 0.15) is 0 Å². The first-order valence-electron chi connectivity index (χ1n) is 4.61. The molecule has 0 aliphatic rings. The number of furan rings is 1. The van der Waals surface area contributed by atoms with Crippen molar-refractivity contribution in [1.29, 1.82) is 0 Å². The van der Waals surface area contributed by atoms with Gasteiger partial charge >= 0.3 is 5.97 Å². The molecule has 82 valence electrons. The van der Waals surface area contributed by atoms with Crippen LogP contribution in [0.5, 0.6) is 0 Å². The molecular formula is C10H14N2O3. The molecule has 0 aliphatic heterocycles. The fourth-order valence-electron chi connectivity index (χ4n) is 0.881. The molecule has 0 amide bonds. The van der Waals surface area contributed by atoms with Crippen LogP contribution in [0.4, 0.5) is 5.88 Å². The summed E-state index contributed by atoms with van der Waals surface area (Å²) >= 11 is 0. The number of hydrogen-bond donors (Lipinski definition) is 0. The Bertz CT molecular complexity index is 355. The van der Waals surface area contributed by atoms with E-state index in [0.29, 0.717) is 12.5 Å². The second-order valence-corrected chi connectivity index (χ2v) is 3.07. The van der Waals surface area contributed by atoms with Crippen LogP contribution in [0.3, 0.4) is 0 Å². The van der Waals surface area contributed by atoms with E-state index in [1.54, 1.807) is 30.3 Å². The number of nitrogens with zero attached hydrogens (tertiary/aromatic N) is 2. The van der Waals surface area contributed by atoms with Crippen molar-refractivity contribution in [3.8, 4) is 0 Å². The van der Waals surface area contributed by atoms with Gasteiger partial charge in [0.25, 0.3) is 0 Å². The van der Waals surface area contributed by atoms with E-state index in [2.05, 4.69) is 4.99 Å². The van der Waals surface area contributed by atoms with Crippen molar-refractivity contribution in [2.75, 3.05) is 20.7 Å². The fraction of sp³-hybridized carbons (Fsp3) is 0.400. The summed E-state index contributed by atoms with van der Waals surface area (Å²) in [5, 5.41) is 0. The Kier molecular flexibility index (Phi) is 3.91. The first kappa shape index (κ1) is 11.3. The van der Waals surface area contributed by atoms with Gasteiger partial charge in [-0.25, -0.2) is 9.79 Å². The van der Waals surface area contributed by atoms with E-state index in [4.69, 9.17) is 9.15 Å². The Balaban J connectivity index is 2.68. The minimum absolute atomic E-state index is 0.169. The van der Waals surface area contributed by atoms with Crippen LogP contribution in [-0.2, 0) is 4.74 Å². The van der Waals surface area contributed by atoms with Crippen LogP contribution >= 0.6 is 0 Å². The summed E-state index contributed by atoms with van der Waals surface area (Å²) in [6.07, 6.45) is 1.59. The molecule has 0 saturated heterocycles. The van der Waals surface area contributed by atoms with Gasteiger partial charge in [0.05, 0.1) is 12.9 Å². The molecule has 1 rings (SSSR count). The summed E-state index contributed by atoms with van der Waals surface area (Å²) in [6, 6.07) is 3.16. The van der Waals surface area contributed by atoms with Crippen LogP contribution in [0.15, 0.2) is 21.5 Å². The van der Waals surface area contributed by atoms with Crippen molar-refractivity contribution in [2.24, 2.45) is 4.99 Å². The lowest BCUT2D eigenvalue weighted by atomic mass is 10.4. The van der Waals surface area contributed by atoms with Gasteiger partial charge in [-0.2, -0.15) is 0 Å². The topological polar surface area (TPSA) is 55.0 Å². The molecule has 5 heteroatoms. The Hall–Kier alpha value is -1.78. The standard InChI is InChI=1S/C10H14N2O3/c1-4-14-10(13)8-5-6-9(15-8)11-7-12(2)3/h5-7H,4H2,1-3H3/b11-7+. The zero-order valence-electron chi connectivity index (χ0n) is 9.06. The normalized spacial score (nSPS) is 10.6. The summed E-state index contributed by atoms with van der Waals surface area (Å²) in [7, 11) is 3.69. The molecule has 0 N–H and O–H groups in total. The number of hydrogen-bond acceptors (Lipinski definition) is 4. The van der Waals surface area contributed by atoms with Crippen LogP contribution in [0.25, 0.3) is 0 Å². The zero-order chi connectivity index (χ0) is 11.3. The fourth-order valence-corrected chi connectivity index (χ4v) is 0.881. The van der Waals surface area contributed by atoms with Crippen LogP contribution in [0.2, 0.25) is 0 Å². The number of esters is 1. The van der Waals surface area contributed by atoms with E-state index in [-0.39, 0.29) is 5.76 Å². The summed E-state index contributed by atoms with van der Waals surface area (Å²) < 4.78 is 9.92. The van der Waals surface area contributed by atoms with Crippen molar-refractivity contribution in [2.45, 2.75) is 6.92 Å². The van der Waals surface area contributed by atoms with Gasteiger partial charge in [-0.05, 0) is 13.0 Å². The van der Waals surface area contributed by atoms with E-state index in [0.717, 1.165) is 0 Å². The smallest absolute Gasteiger partial charge is 0.374 e. The van der Waals surface area contributed by atoms with E-state index in [1.807, 2.05) is 14.1 Å². The minimum atomic E-state index is -0.469. The third kappa shape index (κ3) is 3.46. The monoisotopic (exact) mass is 210 g/mol. The maximum Gasteiger partial charge on any atom is 0.374 e. The third-order valence-electron chi connectivity index (χ3n) is 1.48. The number of carbonyl (C=O) groups is 1. The van der Waals surface area contributed by atoms with Gasteiger partial charge in [-0.1, -0.05) is 0 Å². The van der Waals surface area contributed by atoms with Crippen molar-refractivity contribution in [1.82, 2.24) is 4.90 Å². The molecule has 0 radical (unpaired) electrons. The van der Waals surface area contributed by atoms with E-state index < -0.39 is 5.97 Å². The summed E-state index contributed by atoms with van der Waals surface area (Å²) in [6.45, 7) is 2.07. The Morgan fingerprint density at radius 2 is 2.33 bits per heavy atom. The summed E-state index contributed by atoms with van der Waals surface area (Å²) in [5.41, 5.74) is 0. The molecule has 1 aromatic heterocycles. The molecule has 1 heterocycles. The Labute approximate surface area is 88.3 Å². The molecule has 0 aromatic carbocycles.